The molecule has 1 aromatic rings. The molecule has 0 spiro atoms. The molecular formula is C10H18N4OS. The molecule has 0 aliphatic rings. The van der Waals surface area contributed by atoms with Gasteiger partial charge in [0, 0.05) is 30.6 Å². The summed E-state index contributed by atoms with van der Waals surface area (Å²) in [4.78, 5) is 11.7. The molecule has 0 fully saturated rings. The topological polar surface area (TPSA) is 72.9 Å². The number of carbonyl (C=O) groups excluding carboxylic acids is 1. The summed E-state index contributed by atoms with van der Waals surface area (Å²) in [5.74, 6) is -0.158. The first-order chi connectivity index (χ1) is 7.54. The Morgan fingerprint density at radius 2 is 2.44 bits per heavy atom. The molecule has 1 aromatic heterocycles. The zero-order valence-corrected chi connectivity index (χ0v) is 10.6. The Labute approximate surface area is 99.8 Å². The summed E-state index contributed by atoms with van der Waals surface area (Å²) < 4.78 is 1.63. The van der Waals surface area contributed by atoms with Crippen molar-refractivity contribution in [2.45, 2.75) is 18.2 Å². The highest BCUT2D eigenvalue weighted by atomic mass is 32.2. The molecule has 0 radical (unpaired) electrons. The molecule has 1 rings (SSSR count). The van der Waals surface area contributed by atoms with Crippen molar-refractivity contribution in [1.29, 1.82) is 0 Å². The smallest absolute Gasteiger partial charge is 0.241 e. The fourth-order valence-corrected chi connectivity index (χ4v) is 1.44. The summed E-state index contributed by atoms with van der Waals surface area (Å²) in [6.45, 7) is 2.69. The van der Waals surface area contributed by atoms with Gasteiger partial charge in [-0.25, -0.2) is 0 Å². The lowest BCUT2D eigenvalue weighted by molar-refractivity contribution is -0.122. The molecular weight excluding hydrogens is 224 g/mol. The predicted molar refractivity (Wildman–Crippen MR) is 66.1 cm³/mol. The van der Waals surface area contributed by atoms with Crippen molar-refractivity contribution in [3.05, 3.63) is 18.0 Å². The fraction of sp³-hybridized carbons (Fsp3) is 0.600. The molecule has 0 aliphatic carbocycles. The molecule has 1 amide bonds. The highest BCUT2D eigenvalue weighted by Crippen LogP contribution is 2.09. The van der Waals surface area contributed by atoms with E-state index in [1.54, 1.807) is 35.9 Å². The van der Waals surface area contributed by atoms with Gasteiger partial charge in [-0.05, 0) is 6.26 Å². The van der Waals surface area contributed by atoms with Crippen LogP contribution in [0.2, 0.25) is 0 Å². The van der Waals surface area contributed by atoms with Crippen LogP contribution in [0.5, 0.6) is 0 Å². The molecule has 0 saturated heterocycles. The number of thioether (sulfide) groups is 1. The molecule has 2 unspecified atom stereocenters. The molecule has 3 N–H and O–H groups in total. The minimum atomic E-state index is -0.636. The molecule has 0 bridgehead atoms. The van der Waals surface area contributed by atoms with Crippen molar-refractivity contribution < 1.29 is 4.79 Å². The van der Waals surface area contributed by atoms with Crippen LogP contribution >= 0.6 is 11.8 Å². The van der Waals surface area contributed by atoms with Crippen LogP contribution in [0.25, 0.3) is 0 Å². The summed E-state index contributed by atoms with van der Waals surface area (Å²) in [6.07, 6.45) is 5.38. The van der Waals surface area contributed by atoms with E-state index in [1.165, 1.54) is 0 Å². The summed E-state index contributed by atoms with van der Waals surface area (Å²) >= 11 is 1.71. The van der Waals surface area contributed by atoms with Crippen molar-refractivity contribution in [2.24, 2.45) is 12.8 Å². The van der Waals surface area contributed by atoms with Crippen LogP contribution in [-0.2, 0) is 11.8 Å². The average molecular weight is 242 g/mol. The van der Waals surface area contributed by atoms with E-state index in [4.69, 9.17) is 5.73 Å². The molecule has 1 heterocycles. The second-order valence-electron chi connectivity index (χ2n) is 3.72. The number of rotatable bonds is 5. The van der Waals surface area contributed by atoms with Gasteiger partial charge >= 0.3 is 0 Å². The minimum absolute atomic E-state index is 0.158. The number of hydrogen-bond acceptors (Lipinski definition) is 4. The van der Waals surface area contributed by atoms with Crippen molar-refractivity contribution in [1.82, 2.24) is 15.1 Å². The van der Waals surface area contributed by atoms with Gasteiger partial charge in [0.05, 0.1) is 6.20 Å². The third-order valence-electron chi connectivity index (χ3n) is 2.33. The number of amides is 1. The summed E-state index contributed by atoms with van der Waals surface area (Å²) in [6, 6.07) is -0.636. The van der Waals surface area contributed by atoms with Crippen LogP contribution in [0.15, 0.2) is 12.4 Å². The molecule has 2 atom stereocenters. The maximum Gasteiger partial charge on any atom is 0.241 e. The zero-order valence-electron chi connectivity index (χ0n) is 9.80. The highest BCUT2D eigenvalue weighted by Gasteiger charge is 2.17. The molecule has 0 aliphatic heterocycles. The summed E-state index contributed by atoms with van der Waals surface area (Å²) in [5.41, 5.74) is 6.54. The number of nitrogens with zero attached hydrogens (tertiary/aromatic N) is 2. The lowest BCUT2D eigenvalue weighted by atomic mass is 10.1. The maximum absolute atomic E-state index is 11.7. The Morgan fingerprint density at radius 3 is 2.94 bits per heavy atom. The largest absolute Gasteiger partial charge is 0.353 e. The summed E-state index contributed by atoms with van der Waals surface area (Å²) in [7, 11) is 1.80. The van der Waals surface area contributed by atoms with Crippen LogP contribution in [0.3, 0.4) is 0 Å². The lowest BCUT2D eigenvalue weighted by Crippen LogP contribution is -2.37. The molecule has 0 saturated carbocycles. The van der Waals surface area contributed by atoms with E-state index >= 15 is 0 Å². The van der Waals surface area contributed by atoms with Crippen LogP contribution in [-0.4, -0.2) is 33.7 Å². The minimum Gasteiger partial charge on any atom is -0.353 e. The van der Waals surface area contributed by atoms with Crippen LogP contribution < -0.4 is 11.1 Å². The van der Waals surface area contributed by atoms with Gasteiger partial charge < -0.3 is 11.1 Å². The van der Waals surface area contributed by atoms with Crippen molar-refractivity contribution in [2.75, 3.05) is 12.8 Å². The molecule has 0 aromatic carbocycles. The van der Waals surface area contributed by atoms with E-state index in [0.29, 0.717) is 11.8 Å². The van der Waals surface area contributed by atoms with Gasteiger partial charge in [-0.15, -0.1) is 0 Å². The first kappa shape index (κ1) is 13.1. The SMILES string of the molecule is CSC(C)CNC(=O)C(N)c1cnn(C)c1. The average Bonchev–Trinajstić information content (AvgIpc) is 2.71. The lowest BCUT2D eigenvalue weighted by Gasteiger charge is -2.13. The zero-order chi connectivity index (χ0) is 12.1. The Balaban J connectivity index is 2.48. The van der Waals surface area contributed by atoms with Crippen LogP contribution in [0.4, 0.5) is 0 Å². The second-order valence-corrected chi connectivity index (χ2v) is 4.99. The van der Waals surface area contributed by atoms with Gasteiger partial charge in [0.2, 0.25) is 5.91 Å². The number of hydrogen-bond donors (Lipinski definition) is 2. The number of carbonyl (C=O) groups is 1. The Kier molecular flexibility index (Phi) is 4.82. The number of aromatic nitrogens is 2. The fourth-order valence-electron chi connectivity index (χ4n) is 1.19. The Morgan fingerprint density at radius 1 is 1.75 bits per heavy atom. The van der Waals surface area contributed by atoms with Gasteiger partial charge in [-0.3, -0.25) is 9.48 Å². The quantitative estimate of drug-likeness (QED) is 0.778. The second kappa shape index (κ2) is 5.91. The van der Waals surface area contributed by atoms with E-state index < -0.39 is 6.04 Å². The maximum atomic E-state index is 11.7. The number of nitrogens with one attached hydrogen (secondary N) is 1. The van der Waals surface area contributed by atoms with Gasteiger partial charge in [-0.2, -0.15) is 16.9 Å². The Hall–Kier alpha value is -1.01. The monoisotopic (exact) mass is 242 g/mol. The first-order valence-corrected chi connectivity index (χ1v) is 6.38. The van der Waals surface area contributed by atoms with Crippen LogP contribution in [0.1, 0.15) is 18.5 Å². The Bertz CT molecular complexity index is 352. The van der Waals surface area contributed by atoms with E-state index in [1.807, 2.05) is 6.26 Å². The third kappa shape index (κ3) is 3.53. The predicted octanol–water partition coefficient (Wildman–Crippen LogP) is 0.288. The number of aryl methyl sites for hydroxylation is 1. The van der Waals surface area contributed by atoms with E-state index in [0.717, 1.165) is 5.56 Å². The van der Waals surface area contributed by atoms with Crippen molar-refractivity contribution >= 4 is 17.7 Å². The molecule has 90 valence electrons. The van der Waals surface area contributed by atoms with Gasteiger partial charge in [0.1, 0.15) is 6.04 Å². The van der Waals surface area contributed by atoms with Crippen LogP contribution in [0, 0.1) is 0 Å². The first-order valence-electron chi connectivity index (χ1n) is 5.09. The molecule has 5 nitrogen and oxygen atoms in total. The van der Waals surface area contributed by atoms with Crippen molar-refractivity contribution in [3.63, 3.8) is 0 Å². The van der Waals surface area contributed by atoms with E-state index in [9.17, 15) is 4.79 Å². The third-order valence-corrected chi connectivity index (χ3v) is 3.30. The number of nitrogens with two attached hydrogens (primary N) is 1. The van der Waals surface area contributed by atoms with E-state index in [-0.39, 0.29) is 5.91 Å². The van der Waals surface area contributed by atoms with E-state index in [2.05, 4.69) is 17.3 Å². The highest BCUT2D eigenvalue weighted by molar-refractivity contribution is 7.99. The van der Waals surface area contributed by atoms with Crippen molar-refractivity contribution in [3.8, 4) is 0 Å². The standard InChI is InChI=1S/C10H18N4OS/c1-7(16-3)4-12-10(15)9(11)8-5-13-14(2)6-8/h5-7,9H,4,11H2,1-3H3,(H,12,15). The van der Waals surface area contributed by atoms with Gasteiger partial charge in [-0.1, -0.05) is 6.92 Å². The normalized spacial score (nSPS) is 14.5. The van der Waals surface area contributed by atoms with Gasteiger partial charge in [0.15, 0.2) is 0 Å². The molecule has 6 heteroatoms. The molecule has 16 heavy (non-hydrogen) atoms. The summed E-state index contributed by atoms with van der Waals surface area (Å²) in [5, 5.41) is 7.20. The van der Waals surface area contributed by atoms with Gasteiger partial charge in [0.25, 0.3) is 0 Å².